The van der Waals surface area contributed by atoms with Crippen molar-refractivity contribution >= 4 is 0 Å². The average Bonchev–Trinajstić information content (AvgIpc) is 2.71. The zero-order valence-corrected chi connectivity index (χ0v) is 15.0. The van der Waals surface area contributed by atoms with E-state index in [-0.39, 0.29) is 32.7 Å². The molecule has 0 bridgehead atoms. The lowest BCUT2D eigenvalue weighted by Gasteiger charge is -2.24. The van der Waals surface area contributed by atoms with Gasteiger partial charge in [0, 0.05) is 24.6 Å². The molecule has 15 heteroatoms. The summed E-state index contributed by atoms with van der Waals surface area (Å²) in [5, 5.41) is 18.0. The fraction of sp³-hybridized carbons (Fsp3) is 0.538. The van der Waals surface area contributed by atoms with E-state index in [1.165, 1.54) is 0 Å². The Morgan fingerprint density at radius 2 is 0.679 bits per heavy atom. The number of nitrogens with zero attached hydrogens (tertiary/aromatic N) is 15. The monoisotopic (exact) mass is 381 g/mol. The third kappa shape index (κ3) is 5.38. The topological polar surface area (TPSA) is 244 Å². The van der Waals surface area contributed by atoms with Crippen LogP contribution in [-0.2, 0) is 39.1 Å². The highest BCUT2D eigenvalue weighted by atomic mass is 15.2. The van der Waals surface area contributed by atoms with Gasteiger partial charge in [0.25, 0.3) is 0 Å². The van der Waals surface area contributed by atoms with Crippen LogP contribution in [0.4, 0.5) is 0 Å². The van der Waals surface area contributed by atoms with E-state index < -0.39 is 0 Å². The molecule has 0 heterocycles. The smallest absolute Gasteiger partial charge is 0.0516 e. The molecule has 0 aliphatic heterocycles. The molecule has 0 N–H and O–H groups in total. The molecule has 0 saturated carbocycles. The molecular weight excluding hydrogens is 366 g/mol. The molecule has 0 atom stereocenters. The van der Waals surface area contributed by atoms with E-state index in [1.54, 1.807) is 0 Å². The summed E-state index contributed by atoms with van der Waals surface area (Å²) in [6.45, 7) is 1.51. The third-order valence-corrected chi connectivity index (χ3v) is 4.00. The largest absolute Gasteiger partial charge is 0.0893 e. The van der Waals surface area contributed by atoms with Gasteiger partial charge in [-0.25, -0.2) is 0 Å². The van der Waals surface area contributed by atoms with Crippen molar-refractivity contribution in [1.29, 1.82) is 0 Å². The van der Waals surface area contributed by atoms with Gasteiger partial charge in [-0.2, -0.15) is 0 Å². The van der Waals surface area contributed by atoms with Crippen LogP contribution >= 0.6 is 0 Å². The van der Waals surface area contributed by atoms with E-state index in [4.69, 9.17) is 27.7 Å². The number of rotatable bonds is 11. The van der Waals surface area contributed by atoms with E-state index >= 15 is 0 Å². The van der Waals surface area contributed by atoms with Gasteiger partial charge in [0.1, 0.15) is 0 Å². The standard InChI is InChI=1S/C13H15N15/c1-2-8-9(3-19-24-14)11(5-21-26-16)13(7-23-28-18)12(6-22-27-17)10(8)4-20-25-15/h2-7H2,1H3. The van der Waals surface area contributed by atoms with E-state index in [0.717, 1.165) is 5.56 Å². The fourth-order valence-electron chi connectivity index (χ4n) is 2.99. The molecule has 1 aromatic rings. The van der Waals surface area contributed by atoms with Crippen LogP contribution in [0, 0.1) is 0 Å². The van der Waals surface area contributed by atoms with Gasteiger partial charge in [-0.15, -0.1) is 0 Å². The van der Waals surface area contributed by atoms with Gasteiger partial charge in [-0.05, 0) is 67.5 Å². The van der Waals surface area contributed by atoms with Crippen LogP contribution in [0.5, 0.6) is 0 Å². The average molecular weight is 381 g/mol. The van der Waals surface area contributed by atoms with E-state index in [0.29, 0.717) is 34.2 Å². The Morgan fingerprint density at radius 1 is 0.464 bits per heavy atom. The van der Waals surface area contributed by atoms with Crippen molar-refractivity contribution in [3.05, 3.63) is 85.6 Å². The molecule has 0 unspecified atom stereocenters. The second-order valence-corrected chi connectivity index (χ2v) is 5.17. The summed E-state index contributed by atoms with van der Waals surface area (Å²) in [6.07, 6.45) is 0.487. The van der Waals surface area contributed by atoms with Crippen LogP contribution in [0.25, 0.3) is 52.2 Å². The Morgan fingerprint density at radius 3 is 0.857 bits per heavy atom. The van der Waals surface area contributed by atoms with Gasteiger partial charge in [-0.3, -0.25) is 0 Å². The normalized spacial score (nSPS) is 9.04. The molecule has 0 saturated heterocycles. The molecule has 0 spiro atoms. The van der Waals surface area contributed by atoms with Crippen LogP contribution < -0.4 is 0 Å². The van der Waals surface area contributed by atoms with Gasteiger partial charge in [-0.1, -0.05) is 32.5 Å². The zero-order chi connectivity index (χ0) is 20.8. The first-order valence-corrected chi connectivity index (χ1v) is 7.91. The maximum Gasteiger partial charge on any atom is 0.0516 e. The van der Waals surface area contributed by atoms with E-state index in [9.17, 15) is 0 Å². The summed E-state index contributed by atoms with van der Waals surface area (Å²) in [6, 6.07) is 0. The predicted octanol–water partition coefficient (Wildman–Crippen LogP) is 6.30. The number of benzene rings is 1. The van der Waals surface area contributed by atoms with Crippen molar-refractivity contribution in [3.8, 4) is 0 Å². The molecule has 1 rings (SSSR count). The van der Waals surface area contributed by atoms with Crippen molar-refractivity contribution < 1.29 is 0 Å². The minimum absolute atomic E-state index is 0.0374. The zero-order valence-electron chi connectivity index (χ0n) is 15.0. The van der Waals surface area contributed by atoms with Crippen molar-refractivity contribution in [2.75, 3.05) is 0 Å². The van der Waals surface area contributed by atoms with Crippen LogP contribution in [-0.4, -0.2) is 0 Å². The molecule has 142 valence electrons. The van der Waals surface area contributed by atoms with Gasteiger partial charge in [0.15, 0.2) is 0 Å². The molecule has 0 aromatic heterocycles. The highest BCUT2D eigenvalue weighted by Crippen LogP contribution is 2.33. The van der Waals surface area contributed by atoms with Gasteiger partial charge in [0.2, 0.25) is 0 Å². The summed E-state index contributed by atoms with van der Waals surface area (Å²) < 4.78 is 0. The fourth-order valence-corrected chi connectivity index (χ4v) is 2.99. The van der Waals surface area contributed by atoms with Crippen LogP contribution in [0.3, 0.4) is 0 Å². The molecule has 0 fully saturated rings. The van der Waals surface area contributed by atoms with Crippen molar-refractivity contribution in [2.45, 2.75) is 46.1 Å². The van der Waals surface area contributed by atoms with E-state index in [1.807, 2.05) is 6.92 Å². The Hall–Kier alpha value is -4.23. The van der Waals surface area contributed by atoms with Crippen LogP contribution in [0.2, 0.25) is 0 Å². The molecule has 0 aliphatic carbocycles. The number of hydrogen-bond acceptors (Lipinski definition) is 5. The summed E-state index contributed by atoms with van der Waals surface area (Å²) in [7, 11) is 0. The summed E-state index contributed by atoms with van der Waals surface area (Å²) in [5.41, 5.74) is 47.2. The lowest BCUT2D eigenvalue weighted by atomic mass is 9.85. The second-order valence-electron chi connectivity index (χ2n) is 5.17. The highest BCUT2D eigenvalue weighted by molar-refractivity contribution is 5.52. The van der Waals surface area contributed by atoms with Gasteiger partial charge >= 0.3 is 0 Å². The molecule has 0 radical (unpaired) electrons. The minimum atomic E-state index is -0.112. The minimum Gasteiger partial charge on any atom is -0.0893 e. The first kappa shape index (κ1) is 21.8. The Kier molecular flexibility index (Phi) is 9.49. The first-order chi connectivity index (χ1) is 13.7. The Labute approximate surface area is 158 Å². The molecular formula is C13H15N15. The molecule has 0 amide bonds. The molecule has 1 aromatic carbocycles. The lowest BCUT2D eigenvalue weighted by molar-refractivity contribution is 0.830. The molecule has 0 aliphatic rings. The predicted molar refractivity (Wildman–Crippen MR) is 100 cm³/mol. The summed E-state index contributed by atoms with van der Waals surface area (Å²) in [5.74, 6) is 0. The quantitative estimate of drug-likeness (QED) is 0.232. The summed E-state index contributed by atoms with van der Waals surface area (Å²) in [4.78, 5) is 13.8. The highest BCUT2D eigenvalue weighted by Gasteiger charge is 2.21. The number of hydrogen-bond donors (Lipinski definition) is 0. The van der Waals surface area contributed by atoms with Crippen LogP contribution in [0.15, 0.2) is 25.6 Å². The Balaban J connectivity index is 4.06. The van der Waals surface area contributed by atoms with Crippen LogP contribution in [0.1, 0.15) is 40.3 Å². The maximum atomic E-state index is 8.74. The number of azide groups is 5. The first-order valence-electron chi connectivity index (χ1n) is 7.91. The molecule has 28 heavy (non-hydrogen) atoms. The third-order valence-electron chi connectivity index (χ3n) is 4.00. The van der Waals surface area contributed by atoms with Crippen molar-refractivity contribution in [1.82, 2.24) is 0 Å². The van der Waals surface area contributed by atoms with Gasteiger partial charge in [0.05, 0.1) is 32.7 Å². The molecule has 15 nitrogen and oxygen atoms in total. The van der Waals surface area contributed by atoms with Gasteiger partial charge < -0.3 is 0 Å². The second kappa shape index (κ2) is 12.2. The van der Waals surface area contributed by atoms with E-state index in [2.05, 4.69) is 50.1 Å². The summed E-state index contributed by atoms with van der Waals surface area (Å²) >= 11 is 0. The SMILES string of the molecule is CCc1c(CN=[N+]=[N-])c(CN=[N+]=[N-])c(CN=[N+]=[N-])c(CN=[N+]=[N-])c1CN=[N+]=[N-]. The van der Waals surface area contributed by atoms with Crippen molar-refractivity contribution in [2.24, 2.45) is 25.6 Å². The van der Waals surface area contributed by atoms with Crippen molar-refractivity contribution in [3.63, 3.8) is 0 Å². The lowest BCUT2D eigenvalue weighted by Crippen LogP contribution is -2.12. The Bertz CT molecular complexity index is 897. The maximum absolute atomic E-state index is 8.74.